The molecule has 4 aromatic heterocycles. The molecule has 6 heterocycles. The van der Waals surface area contributed by atoms with Crippen LogP contribution < -0.4 is 5.73 Å². The van der Waals surface area contributed by atoms with Gasteiger partial charge in [0.2, 0.25) is 6.29 Å². The van der Waals surface area contributed by atoms with Crippen LogP contribution in [0.25, 0.3) is 22.4 Å². The highest BCUT2D eigenvalue weighted by molar-refractivity contribution is 5.74. The van der Waals surface area contributed by atoms with Crippen molar-refractivity contribution >= 4 is 28.7 Å². The number of alkyl halides is 3. The van der Waals surface area contributed by atoms with E-state index in [9.17, 15) is 13.2 Å². The van der Waals surface area contributed by atoms with E-state index in [1.165, 1.54) is 71.0 Å². The first-order valence-electron chi connectivity index (χ1n) is 20.7. The minimum absolute atomic E-state index is 0. The Labute approximate surface area is 333 Å². The van der Waals surface area contributed by atoms with Crippen molar-refractivity contribution in [2.45, 2.75) is 128 Å². The first-order chi connectivity index (χ1) is 27.1. The molecule has 0 spiro atoms. The zero-order valence-electron chi connectivity index (χ0n) is 32.4. The summed E-state index contributed by atoms with van der Waals surface area (Å²) in [6.07, 6.45) is 23.7. The van der Waals surface area contributed by atoms with Crippen molar-refractivity contribution in [3.05, 3.63) is 71.1 Å². The van der Waals surface area contributed by atoms with E-state index in [1.807, 2.05) is 12.4 Å². The fraction of sp³-hybridized carbons (Fsp3) is 0.614. The number of aromatic nitrogens is 6. The summed E-state index contributed by atoms with van der Waals surface area (Å²) in [6.45, 7) is 5.89. The van der Waals surface area contributed by atoms with Gasteiger partial charge in [-0.1, -0.05) is 39.3 Å². The second-order valence-electron chi connectivity index (χ2n) is 16.6. The van der Waals surface area contributed by atoms with E-state index in [4.69, 9.17) is 39.9 Å². The smallest absolute Gasteiger partial charge is 0.381 e. The predicted molar refractivity (Wildman–Crippen MR) is 215 cm³/mol. The Morgan fingerprint density at radius 1 is 0.667 bits per heavy atom. The van der Waals surface area contributed by atoms with Crippen LogP contribution >= 0.6 is 0 Å². The maximum atomic E-state index is 10.4. The topological polar surface area (TPSA) is 122 Å². The predicted octanol–water partition coefficient (Wildman–Crippen LogP) is 8.85. The van der Waals surface area contributed by atoms with E-state index in [1.54, 1.807) is 0 Å². The molecule has 0 aromatic carbocycles. The summed E-state index contributed by atoms with van der Waals surface area (Å²) >= 11 is 0. The molecule has 13 heteroatoms. The molecule has 0 bridgehead atoms. The van der Waals surface area contributed by atoms with Crippen molar-refractivity contribution in [3.63, 3.8) is 0 Å². The third-order valence-electron chi connectivity index (χ3n) is 12.9. The molecule has 0 radical (unpaired) electrons. The lowest BCUT2D eigenvalue weighted by Gasteiger charge is -2.25. The van der Waals surface area contributed by atoms with Gasteiger partial charge in [-0.05, 0) is 93.1 Å². The van der Waals surface area contributed by atoms with Crippen molar-refractivity contribution in [3.8, 4) is 0 Å². The molecule has 0 unspecified atom stereocenters. The summed E-state index contributed by atoms with van der Waals surface area (Å²) in [4.78, 5) is 28.0. The molecular formula is C44H58F3N7O3. The molecule has 0 amide bonds. The Morgan fingerprint density at radius 3 is 1.47 bits per heavy atom. The van der Waals surface area contributed by atoms with Crippen LogP contribution in [0.15, 0.2) is 36.9 Å². The van der Waals surface area contributed by atoms with Gasteiger partial charge >= 0.3 is 6.18 Å². The number of hydrogen-bond acceptors (Lipinski definition) is 8. The zero-order chi connectivity index (χ0) is 38.8. The number of allylic oxidation sites excluding steroid dienone is 4. The minimum atomic E-state index is -4.64. The van der Waals surface area contributed by atoms with Crippen LogP contribution in [-0.2, 0) is 27.1 Å². The van der Waals surface area contributed by atoms with Crippen molar-refractivity contribution in [2.75, 3.05) is 26.4 Å². The molecule has 6 aliphatic rings. The number of rotatable bonds is 4. The largest absolute Gasteiger partial charge is 0.446 e. The number of ether oxygens (including phenoxy) is 2. The molecule has 4 aromatic rings. The first-order valence-corrected chi connectivity index (χ1v) is 20.7. The SMILES string of the molecule is C.CC1CCC(c2cn3c4c(ncc3n2)CC=C4C2CCOCC2)CC1.NC1CCC(c2cn3c4c(ncc3n2)CC=C4C2CCOCC2)CC1.O=CC(F)(F)F. The number of fused-ring (bicyclic) bond motifs is 6. The van der Waals surface area contributed by atoms with Gasteiger partial charge in [0.15, 0.2) is 11.3 Å². The maximum Gasteiger partial charge on any atom is 0.446 e. The summed E-state index contributed by atoms with van der Waals surface area (Å²) < 4.78 is 47.0. The number of aldehydes is 1. The first kappa shape index (κ1) is 41.2. The van der Waals surface area contributed by atoms with E-state index in [2.05, 4.69) is 40.3 Å². The maximum absolute atomic E-state index is 10.4. The van der Waals surface area contributed by atoms with Gasteiger partial charge in [0.05, 0.1) is 46.6 Å². The lowest BCUT2D eigenvalue weighted by molar-refractivity contribution is -0.156. The summed E-state index contributed by atoms with van der Waals surface area (Å²) in [5.41, 5.74) is 18.6. The van der Waals surface area contributed by atoms with Gasteiger partial charge in [-0.2, -0.15) is 13.2 Å². The van der Waals surface area contributed by atoms with Crippen LogP contribution in [-0.4, -0.2) is 73.7 Å². The molecule has 10 rings (SSSR count). The lowest BCUT2D eigenvalue weighted by atomic mass is 9.82. The summed E-state index contributed by atoms with van der Waals surface area (Å²) in [6, 6.07) is 0.377. The van der Waals surface area contributed by atoms with Gasteiger partial charge in [-0.3, -0.25) is 23.6 Å². The third kappa shape index (κ3) is 9.20. The van der Waals surface area contributed by atoms with E-state index < -0.39 is 12.5 Å². The molecule has 2 saturated heterocycles. The Bertz CT molecular complexity index is 1920. The summed E-state index contributed by atoms with van der Waals surface area (Å²) in [7, 11) is 0. The molecular weight excluding hydrogens is 732 g/mol. The number of carbonyl (C=O) groups is 1. The Hall–Kier alpha value is -3.94. The number of hydrogen-bond donors (Lipinski definition) is 1. The van der Waals surface area contributed by atoms with Gasteiger partial charge in [0.25, 0.3) is 0 Å². The average molecular weight is 790 g/mol. The van der Waals surface area contributed by atoms with Crippen molar-refractivity contribution in [1.82, 2.24) is 28.7 Å². The number of nitrogens with zero attached hydrogens (tertiary/aromatic N) is 6. The Morgan fingerprint density at radius 2 is 1.07 bits per heavy atom. The van der Waals surface area contributed by atoms with Crippen molar-refractivity contribution in [2.24, 2.45) is 23.5 Å². The fourth-order valence-electron chi connectivity index (χ4n) is 9.66. The molecule has 10 nitrogen and oxygen atoms in total. The zero-order valence-corrected chi connectivity index (χ0v) is 32.4. The van der Waals surface area contributed by atoms with Crippen LogP contribution in [0.4, 0.5) is 13.2 Å². The van der Waals surface area contributed by atoms with Gasteiger partial charge < -0.3 is 15.2 Å². The van der Waals surface area contributed by atoms with Crippen LogP contribution in [0.1, 0.15) is 137 Å². The van der Waals surface area contributed by atoms with E-state index >= 15 is 0 Å². The molecule has 57 heavy (non-hydrogen) atoms. The molecule has 4 aliphatic carbocycles. The number of imidazole rings is 2. The second-order valence-corrected chi connectivity index (χ2v) is 16.6. The average Bonchev–Trinajstić information content (AvgIpc) is 4.03. The molecule has 2 saturated carbocycles. The molecule has 4 fully saturated rings. The second kappa shape index (κ2) is 17.9. The van der Waals surface area contributed by atoms with Crippen LogP contribution in [0.3, 0.4) is 0 Å². The fourth-order valence-corrected chi connectivity index (χ4v) is 9.66. The quantitative estimate of drug-likeness (QED) is 0.204. The van der Waals surface area contributed by atoms with Crippen molar-refractivity contribution < 1.29 is 27.4 Å². The van der Waals surface area contributed by atoms with Crippen LogP contribution in [0.5, 0.6) is 0 Å². The lowest BCUT2D eigenvalue weighted by Crippen LogP contribution is -2.25. The van der Waals surface area contributed by atoms with E-state index in [0.29, 0.717) is 29.7 Å². The van der Waals surface area contributed by atoms with Crippen LogP contribution in [0, 0.1) is 17.8 Å². The van der Waals surface area contributed by atoms with Gasteiger partial charge in [0, 0.05) is 69.5 Å². The standard InChI is InChI=1S/C21H27N3O.C20H26N4O.C2HF3O.CH4/c1-14-2-4-16(5-3-14)19-13-24-20(23-19)12-22-18-7-6-17(21(18)24)15-8-10-25-11-9-15;21-15-3-1-14(2-4-15)18-12-24-19(23-18)11-22-17-6-5-16(20(17)24)13-7-9-25-10-8-13;3-2(4,5)1-6;/h6,12-16H,2-5,7-11H2,1H3;5,11-15H,1-4,6-10,21H2;1H;1H4. The van der Waals surface area contributed by atoms with Crippen LogP contribution in [0.2, 0.25) is 0 Å². The van der Waals surface area contributed by atoms with Gasteiger partial charge in [-0.15, -0.1) is 0 Å². The van der Waals surface area contributed by atoms with E-state index in [-0.39, 0.29) is 7.43 Å². The summed E-state index contributed by atoms with van der Waals surface area (Å²) in [5.74, 6) is 3.27. The molecule has 308 valence electrons. The molecule has 0 atom stereocenters. The number of nitrogens with two attached hydrogens (primary N) is 1. The third-order valence-corrected chi connectivity index (χ3v) is 12.9. The highest BCUT2D eigenvalue weighted by Gasteiger charge is 2.31. The minimum Gasteiger partial charge on any atom is -0.381 e. The van der Waals surface area contributed by atoms with Gasteiger partial charge in [-0.25, -0.2) is 9.97 Å². The number of carbonyl (C=O) groups excluding carboxylic acids is 1. The molecule has 2 aliphatic heterocycles. The molecule has 2 N–H and O–H groups in total. The normalized spacial score (nSPS) is 25.3. The Kier molecular flexibility index (Phi) is 13.0. The highest BCUT2D eigenvalue weighted by Crippen LogP contribution is 2.41. The van der Waals surface area contributed by atoms with Gasteiger partial charge in [0.1, 0.15) is 0 Å². The van der Waals surface area contributed by atoms with Crippen molar-refractivity contribution in [1.29, 1.82) is 0 Å². The highest BCUT2D eigenvalue weighted by atomic mass is 19.4. The Balaban J connectivity index is 0.000000150. The summed E-state index contributed by atoms with van der Waals surface area (Å²) in [5, 5.41) is 0. The number of halogens is 3. The van der Waals surface area contributed by atoms with E-state index in [0.717, 1.165) is 108 Å². The monoisotopic (exact) mass is 789 g/mol.